The van der Waals surface area contributed by atoms with Gasteiger partial charge in [-0.05, 0) is 56.4 Å². The van der Waals surface area contributed by atoms with E-state index in [-0.39, 0.29) is 6.61 Å². The molecule has 1 aliphatic heterocycles. The predicted octanol–water partition coefficient (Wildman–Crippen LogP) is 2.37. The standard InChI is InChI=1S/C15H22N2OS/c1-11-10-12(15(16)19)5-6-14(11)17-8-3-2-4-13(17)7-9-18/h5-6,10,13,18H,2-4,7-9H2,1H3,(H2,16,19). The van der Waals surface area contributed by atoms with Crippen LogP contribution in [0, 0.1) is 6.92 Å². The van der Waals surface area contributed by atoms with Crippen LogP contribution in [0.3, 0.4) is 0 Å². The smallest absolute Gasteiger partial charge is 0.103 e. The van der Waals surface area contributed by atoms with Crippen LogP contribution in [-0.4, -0.2) is 29.3 Å². The number of benzene rings is 1. The second-order valence-electron chi connectivity index (χ2n) is 5.22. The van der Waals surface area contributed by atoms with E-state index in [9.17, 15) is 5.11 Å². The van der Waals surface area contributed by atoms with E-state index in [2.05, 4.69) is 24.0 Å². The molecule has 0 amide bonds. The van der Waals surface area contributed by atoms with Gasteiger partial charge in [0.1, 0.15) is 4.99 Å². The molecule has 1 fully saturated rings. The average molecular weight is 278 g/mol. The van der Waals surface area contributed by atoms with E-state index >= 15 is 0 Å². The lowest BCUT2D eigenvalue weighted by Gasteiger charge is -2.38. The third-order valence-electron chi connectivity index (χ3n) is 3.88. The summed E-state index contributed by atoms with van der Waals surface area (Å²) < 4.78 is 0. The van der Waals surface area contributed by atoms with Crippen LogP contribution in [0.1, 0.15) is 36.8 Å². The van der Waals surface area contributed by atoms with Gasteiger partial charge in [0.25, 0.3) is 0 Å². The maximum Gasteiger partial charge on any atom is 0.103 e. The van der Waals surface area contributed by atoms with Gasteiger partial charge >= 0.3 is 0 Å². The van der Waals surface area contributed by atoms with Crippen molar-refractivity contribution in [3.8, 4) is 0 Å². The van der Waals surface area contributed by atoms with Gasteiger partial charge in [0, 0.05) is 30.4 Å². The Bertz CT molecular complexity index is 459. The minimum Gasteiger partial charge on any atom is -0.396 e. The lowest BCUT2D eigenvalue weighted by Crippen LogP contribution is -2.40. The molecule has 3 N–H and O–H groups in total. The molecular formula is C15H22N2OS. The summed E-state index contributed by atoms with van der Waals surface area (Å²) in [4.78, 5) is 2.87. The fraction of sp³-hybridized carbons (Fsp3) is 0.533. The van der Waals surface area contributed by atoms with Gasteiger partial charge in [-0.1, -0.05) is 12.2 Å². The van der Waals surface area contributed by atoms with Crippen LogP contribution in [0.4, 0.5) is 5.69 Å². The monoisotopic (exact) mass is 278 g/mol. The minimum absolute atomic E-state index is 0.255. The lowest BCUT2D eigenvalue weighted by molar-refractivity contribution is 0.262. The first-order chi connectivity index (χ1) is 9.13. The van der Waals surface area contributed by atoms with E-state index in [0.717, 1.165) is 24.9 Å². The van der Waals surface area contributed by atoms with Gasteiger partial charge in [-0.15, -0.1) is 0 Å². The fourth-order valence-electron chi connectivity index (χ4n) is 2.90. The van der Waals surface area contributed by atoms with Crippen molar-refractivity contribution in [1.82, 2.24) is 0 Å². The number of thiocarbonyl (C=S) groups is 1. The van der Waals surface area contributed by atoms with E-state index < -0.39 is 0 Å². The molecule has 0 saturated carbocycles. The van der Waals surface area contributed by atoms with Crippen molar-refractivity contribution >= 4 is 22.9 Å². The van der Waals surface area contributed by atoms with Crippen molar-refractivity contribution in [3.05, 3.63) is 29.3 Å². The van der Waals surface area contributed by atoms with Crippen molar-refractivity contribution in [2.75, 3.05) is 18.1 Å². The maximum absolute atomic E-state index is 9.21. The van der Waals surface area contributed by atoms with Gasteiger partial charge in [0.15, 0.2) is 0 Å². The molecule has 3 nitrogen and oxygen atoms in total. The number of hydrogen-bond donors (Lipinski definition) is 2. The van der Waals surface area contributed by atoms with Crippen molar-refractivity contribution in [2.24, 2.45) is 5.73 Å². The molecule has 1 unspecified atom stereocenters. The lowest BCUT2D eigenvalue weighted by atomic mass is 9.97. The molecule has 2 rings (SSSR count). The maximum atomic E-state index is 9.21. The third kappa shape index (κ3) is 3.25. The Morgan fingerprint density at radius 2 is 2.26 bits per heavy atom. The topological polar surface area (TPSA) is 49.5 Å². The summed E-state index contributed by atoms with van der Waals surface area (Å²) in [6.45, 7) is 3.42. The first-order valence-electron chi connectivity index (χ1n) is 6.91. The summed E-state index contributed by atoms with van der Waals surface area (Å²) >= 11 is 5.02. The number of aryl methyl sites for hydroxylation is 1. The summed E-state index contributed by atoms with van der Waals surface area (Å²) in [6.07, 6.45) is 4.48. The molecule has 1 aliphatic rings. The van der Waals surface area contributed by atoms with E-state index in [1.807, 2.05) is 6.07 Å². The normalized spacial score (nSPS) is 19.5. The van der Waals surface area contributed by atoms with Crippen LogP contribution >= 0.6 is 12.2 Å². The molecule has 104 valence electrons. The molecule has 0 spiro atoms. The zero-order valence-electron chi connectivity index (χ0n) is 11.4. The number of anilines is 1. The SMILES string of the molecule is Cc1cc(C(N)=S)ccc1N1CCCCC1CCO. The molecule has 0 aliphatic carbocycles. The van der Waals surface area contributed by atoms with E-state index in [1.54, 1.807) is 0 Å². The van der Waals surface area contributed by atoms with Gasteiger partial charge in [-0.25, -0.2) is 0 Å². The zero-order valence-corrected chi connectivity index (χ0v) is 12.2. The summed E-state index contributed by atoms with van der Waals surface area (Å²) in [6, 6.07) is 6.62. The highest BCUT2D eigenvalue weighted by Crippen LogP contribution is 2.29. The predicted molar refractivity (Wildman–Crippen MR) is 83.8 cm³/mol. The Hall–Kier alpha value is -1.13. The number of rotatable bonds is 4. The van der Waals surface area contributed by atoms with Crippen molar-refractivity contribution in [3.63, 3.8) is 0 Å². The molecule has 0 radical (unpaired) electrons. The Morgan fingerprint density at radius 3 is 2.89 bits per heavy atom. The highest BCUT2D eigenvalue weighted by Gasteiger charge is 2.23. The molecule has 1 atom stereocenters. The quantitative estimate of drug-likeness (QED) is 0.830. The van der Waals surface area contributed by atoms with Crippen molar-refractivity contribution in [2.45, 2.75) is 38.6 Å². The zero-order chi connectivity index (χ0) is 13.8. The molecule has 1 aromatic rings. The van der Waals surface area contributed by atoms with Crippen LogP contribution in [0.5, 0.6) is 0 Å². The molecular weight excluding hydrogens is 256 g/mol. The third-order valence-corrected chi connectivity index (χ3v) is 4.12. The number of nitrogens with two attached hydrogens (primary N) is 1. The summed E-state index contributed by atoms with van der Waals surface area (Å²) in [5, 5.41) is 9.21. The van der Waals surface area contributed by atoms with Crippen LogP contribution in [0.2, 0.25) is 0 Å². The van der Waals surface area contributed by atoms with E-state index in [0.29, 0.717) is 11.0 Å². The second kappa shape index (κ2) is 6.35. The fourth-order valence-corrected chi connectivity index (χ4v) is 3.02. The number of hydrogen-bond acceptors (Lipinski definition) is 3. The van der Waals surface area contributed by atoms with Crippen LogP contribution in [0.15, 0.2) is 18.2 Å². The van der Waals surface area contributed by atoms with Crippen LogP contribution in [-0.2, 0) is 0 Å². The molecule has 1 heterocycles. The van der Waals surface area contributed by atoms with Crippen molar-refractivity contribution < 1.29 is 5.11 Å². The molecule has 0 aromatic heterocycles. The number of nitrogens with zero attached hydrogens (tertiary/aromatic N) is 1. The van der Waals surface area contributed by atoms with Gasteiger partial charge < -0.3 is 15.7 Å². The second-order valence-corrected chi connectivity index (χ2v) is 5.66. The highest BCUT2D eigenvalue weighted by molar-refractivity contribution is 7.80. The van der Waals surface area contributed by atoms with Gasteiger partial charge in [0.2, 0.25) is 0 Å². The van der Waals surface area contributed by atoms with E-state index in [4.69, 9.17) is 18.0 Å². The van der Waals surface area contributed by atoms with E-state index in [1.165, 1.54) is 24.1 Å². The Morgan fingerprint density at radius 1 is 1.47 bits per heavy atom. The number of piperidine rings is 1. The number of aliphatic hydroxyl groups excluding tert-OH is 1. The Balaban J connectivity index is 2.26. The number of aliphatic hydroxyl groups is 1. The van der Waals surface area contributed by atoms with Gasteiger partial charge in [-0.3, -0.25) is 0 Å². The Labute approximate surface area is 120 Å². The molecule has 1 saturated heterocycles. The van der Waals surface area contributed by atoms with Crippen LogP contribution in [0.25, 0.3) is 0 Å². The van der Waals surface area contributed by atoms with Crippen LogP contribution < -0.4 is 10.6 Å². The largest absolute Gasteiger partial charge is 0.396 e. The first kappa shape index (κ1) is 14.3. The van der Waals surface area contributed by atoms with Gasteiger partial charge in [0.05, 0.1) is 0 Å². The summed E-state index contributed by atoms with van der Waals surface area (Å²) in [7, 11) is 0. The minimum atomic E-state index is 0.255. The molecule has 19 heavy (non-hydrogen) atoms. The van der Waals surface area contributed by atoms with Gasteiger partial charge in [-0.2, -0.15) is 0 Å². The van der Waals surface area contributed by atoms with Crippen molar-refractivity contribution in [1.29, 1.82) is 0 Å². The molecule has 0 bridgehead atoms. The highest BCUT2D eigenvalue weighted by atomic mass is 32.1. The molecule has 1 aromatic carbocycles. The first-order valence-corrected chi connectivity index (χ1v) is 7.32. The molecule has 4 heteroatoms. The Kier molecular flexibility index (Phi) is 4.77. The summed E-state index contributed by atoms with van der Waals surface area (Å²) in [5.41, 5.74) is 9.05. The summed E-state index contributed by atoms with van der Waals surface area (Å²) in [5.74, 6) is 0. The average Bonchev–Trinajstić information content (AvgIpc) is 2.40.